The molecule has 2 rings (SSSR count). The highest BCUT2D eigenvalue weighted by Gasteiger charge is 2.24. The lowest BCUT2D eigenvalue weighted by Gasteiger charge is -2.38. The topological polar surface area (TPSA) is 32.5 Å². The first-order valence-corrected chi connectivity index (χ1v) is 7.66. The van der Waals surface area contributed by atoms with Gasteiger partial charge in [0, 0.05) is 31.7 Å². The Bertz CT molecular complexity index is 444. The SMILES string of the molecule is Cc1ccc(CC(N)CC2CN(C)CCN2C)cc1C. The summed E-state index contributed by atoms with van der Waals surface area (Å²) >= 11 is 0. The summed E-state index contributed by atoms with van der Waals surface area (Å²) in [6.07, 6.45) is 2.06. The highest BCUT2D eigenvalue weighted by atomic mass is 15.3. The number of rotatable bonds is 4. The van der Waals surface area contributed by atoms with Gasteiger partial charge in [0.15, 0.2) is 0 Å². The van der Waals surface area contributed by atoms with E-state index in [0.717, 1.165) is 25.9 Å². The van der Waals surface area contributed by atoms with Crippen LogP contribution in [-0.4, -0.2) is 55.6 Å². The van der Waals surface area contributed by atoms with Crippen molar-refractivity contribution in [3.63, 3.8) is 0 Å². The van der Waals surface area contributed by atoms with Crippen LogP contribution in [0.15, 0.2) is 18.2 Å². The summed E-state index contributed by atoms with van der Waals surface area (Å²) in [5.41, 5.74) is 10.5. The summed E-state index contributed by atoms with van der Waals surface area (Å²) in [6.45, 7) is 7.79. The third-order valence-corrected chi connectivity index (χ3v) is 4.62. The van der Waals surface area contributed by atoms with E-state index in [9.17, 15) is 0 Å². The predicted octanol–water partition coefficient (Wildman–Crippen LogP) is 1.81. The number of likely N-dealkylation sites (N-methyl/N-ethyl adjacent to an activating group) is 2. The number of benzene rings is 1. The molecule has 0 amide bonds. The fourth-order valence-electron chi connectivity index (χ4n) is 3.02. The fourth-order valence-corrected chi connectivity index (χ4v) is 3.02. The summed E-state index contributed by atoms with van der Waals surface area (Å²) in [7, 11) is 4.43. The predicted molar refractivity (Wildman–Crippen MR) is 86.1 cm³/mol. The van der Waals surface area contributed by atoms with E-state index in [1.54, 1.807) is 0 Å². The first-order chi connectivity index (χ1) is 9.45. The molecule has 0 aliphatic carbocycles. The van der Waals surface area contributed by atoms with Crippen molar-refractivity contribution in [2.24, 2.45) is 5.73 Å². The van der Waals surface area contributed by atoms with Crippen molar-refractivity contribution in [2.45, 2.75) is 38.8 Å². The lowest BCUT2D eigenvalue weighted by molar-refractivity contribution is 0.104. The minimum atomic E-state index is 0.246. The van der Waals surface area contributed by atoms with Crippen LogP contribution in [-0.2, 0) is 6.42 Å². The molecule has 1 aromatic rings. The second-order valence-corrected chi connectivity index (χ2v) is 6.52. The zero-order chi connectivity index (χ0) is 14.7. The molecule has 1 aromatic carbocycles. The van der Waals surface area contributed by atoms with Crippen LogP contribution in [0.5, 0.6) is 0 Å². The Morgan fingerprint density at radius 1 is 1.20 bits per heavy atom. The third-order valence-electron chi connectivity index (χ3n) is 4.62. The van der Waals surface area contributed by atoms with Crippen molar-refractivity contribution in [2.75, 3.05) is 33.7 Å². The van der Waals surface area contributed by atoms with E-state index in [1.807, 2.05) is 0 Å². The molecule has 1 heterocycles. The summed E-state index contributed by atoms with van der Waals surface area (Å²) in [6, 6.07) is 7.55. The molecule has 1 saturated heterocycles. The maximum atomic E-state index is 6.39. The molecule has 1 aliphatic rings. The van der Waals surface area contributed by atoms with Crippen molar-refractivity contribution in [1.82, 2.24) is 9.80 Å². The highest BCUT2D eigenvalue weighted by molar-refractivity contribution is 5.30. The van der Waals surface area contributed by atoms with Gasteiger partial charge >= 0.3 is 0 Å². The number of hydrogen-bond acceptors (Lipinski definition) is 3. The average molecular weight is 275 g/mol. The summed E-state index contributed by atoms with van der Waals surface area (Å²) < 4.78 is 0. The van der Waals surface area contributed by atoms with Gasteiger partial charge in [-0.1, -0.05) is 18.2 Å². The van der Waals surface area contributed by atoms with Gasteiger partial charge in [0.2, 0.25) is 0 Å². The molecule has 1 fully saturated rings. The Hall–Kier alpha value is -0.900. The highest BCUT2D eigenvalue weighted by Crippen LogP contribution is 2.15. The fraction of sp³-hybridized carbons (Fsp3) is 0.647. The number of piperazine rings is 1. The van der Waals surface area contributed by atoms with Crippen LogP contribution in [0, 0.1) is 13.8 Å². The van der Waals surface area contributed by atoms with E-state index in [0.29, 0.717) is 6.04 Å². The molecule has 1 aliphatic heterocycles. The lowest BCUT2D eigenvalue weighted by atomic mass is 9.96. The number of nitrogens with two attached hydrogens (primary N) is 1. The molecule has 0 saturated carbocycles. The molecule has 2 atom stereocenters. The van der Waals surface area contributed by atoms with E-state index in [1.165, 1.54) is 23.2 Å². The molecule has 0 aromatic heterocycles. The maximum absolute atomic E-state index is 6.39. The lowest BCUT2D eigenvalue weighted by Crippen LogP contribution is -2.51. The van der Waals surface area contributed by atoms with Gasteiger partial charge in [0.1, 0.15) is 0 Å². The Balaban J connectivity index is 1.91. The van der Waals surface area contributed by atoms with Gasteiger partial charge in [-0.05, 0) is 57.5 Å². The van der Waals surface area contributed by atoms with Crippen LogP contribution in [0.4, 0.5) is 0 Å². The van der Waals surface area contributed by atoms with Crippen molar-refractivity contribution in [3.05, 3.63) is 34.9 Å². The number of aryl methyl sites for hydroxylation is 2. The summed E-state index contributed by atoms with van der Waals surface area (Å²) in [5, 5.41) is 0. The molecular formula is C17H29N3. The second kappa shape index (κ2) is 6.70. The molecule has 0 radical (unpaired) electrons. The molecule has 3 heteroatoms. The van der Waals surface area contributed by atoms with E-state index in [4.69, 9.17) is 5.73 Å². The first-order valence-electron chi connectivity index (χ1n) is 7.66. The third kappa shape index (κ3) is 4.05. The minimum Gasteiger partial charge on any atom is -0.327 e. The first kappa shape index (κ1) is 15.5. The molecule has 20 heavy (non-hydrogen) atoms. The van der Waals surface area contributed by atoms with E-state index < -0.39 is 0 Å². The normalized spacial score (nSPS) is 22.9. The van der Waals surface area contributed by atoms with Crippen LogP contribution in [0.2, 0.25) is 0 Å². The largest absolute Gasteiger partial charge is 0.327 e. The van der Waals surface area contributed by atoms with Crippen molar-refractivity contribution in [3.8, 4) is 0 Å². The molecule has 3 nitrogen and oxygen atoms in total. The van der Waals surface area contributed by atoms with Gasteiger partial charge in [-0.2, -0.15) is 0 Å². The van der Waals surface area contributed by atoms with Gasteiger partial charge in [0.25, 0.3) is 0 Å². The summed E-state index contributed by atoms with van der Waals surface area (Å²) in [4.78, 5) is 4.87. The Morgan fingerprint density at radius 2 is 1.95 bits per heavy atom. The average Bonchev–Trinajstić information content (AvgIpc) is 2.38. The van der Waals surface area contributed by atoms with Gasteiger partial charge in [-0.25, -0.2) is 0 Å². The monoisotopic (exact) mass is 275 g/mol. The van der Waals surface area contributed by atoms with Crippen molar-refractivity contribution < 1.29 is 0 Å². The maximum Gasteiger partial charge on any atom is 0.0235 e. The van der Waals surface area contributed by atoms with Crippen molar-refractivity contribution >= 4 is 0 Å². The van der Waals surface area contributed by atoms with E-state index >= 15 is 0 Å². The second-order valence-electron chi connectivity index (χ2n) is 6.52. The van der Waals surface area contributed by atoms with Crippen molar-refractivity contribution in [1.29, 1.82) is 0 Å². The van der Waals surface area contributed by atoms with E-state index in [2.05, 4.69) is 55.9 Å². The molecular weight excluding hydrogens is 246 g/mol. The van der Waals surface area contributed by atoms with Gasteiger partial charge in [-0.15, -0.1) is 0 Å². The molecule has 0 spiro atoms. The van der Waals surface area contributed by atoms with Crippen LogP contribution in [0.3, 0.4) is 0 Å². The number of nitrogens with zero attached hydrogens (tertiary/aromatic N) is 2. The summed E-state index contributed by atoms with van der Waals surface area (Å²) in [5.74, 6) is 0. The van der Waals surface area contributed by atoms with Gasteiger partial charge in [-0.3, -0.25) is 0 Å². The minimum absolute atomic E-state index is 0.246. The quantitative estimate of drug-likeness (QED) is 0.909. The molecule has 0 bridgehead atoms. The Kier molecular flexibility index (Phi) is 5.19. The smallest absolute Gasteiger partial charge is 0.0235 e. The van der Waals surface area contributed by atoms with E-state index in [-0.39, 0.29) is 6.04 Å². The van der Waals surface area contributed by atoms with Crippen LogP contribution < -0.4 is 5.73 Å². The van der Waals surface area contributed by atoms with Gasteiger partial charge < -0.3 is 15.5 Å². The molecule has 2 N–H and O–H groups in total. The van der Waals surface area contributed by atoms with Crippen LogP contribution >= 0.6 is 0 Å². The zero-order valence-electron chi connectivity index (χ0n) is 13.4. The van der Waals surface area contributed by atoms with Crippen LogP contribution in [0.25, 0.3) is 0 Å². The molecule has 2 unspecified atom stereocenters. The molecule has 112 valence electrons. The number of hydrogen-bond donors (Lipinski definition) is 1. The zero-order valence-corrected chi connectivity index (χ0v) is 13.4. The van der Waals surface area contributed by atoms with Gasteiger partial charge in [0.05, 0.1) is 0 Å². The van der Waals surface area contributed by atoms with Crippen LogP contribution in [0.1, 0.15) is 23.1 Å². The Morgan fingerprint density at radius 3 is 2.65 bits per heavy atom. The standard InChI is InChI=1S/C17H29N3/c1-13-5-6-15(9-14(13)2)10-16(18)11-17-12-19(3)7-8-20(17)4/h5-6,9,16-17H,7-8,10-12,18H2,1-4H3. The Labute approximate surface area is 123 Å².